The average Bonchev–Trinajstić information content (AvgIpc) is 0. The molecule has 0 aromatic heterocycles. The van der Waals surface area contributed by atoms with Gasteiger partial charge in [0.1, 0.15) is 0 Å². The maximum absolute atomic E-state index is 0. The van der Waals surface area contributed by atoms with E-state index in [-0.39, 0.29) is 87.2 Å². The minimum atomic E-state index is 0. The van der Waals surface area contributed by atoms with Crippen molar-refractivity contribution in [1.82, 2.24) is 0 Å². The van der Waals surface area contributed by atoms with Gasteiger partial charge in [-0.15, -0.1) is 0 Å². The third-order valence-electron chi connectivity index (χ3n) is 0. The SMILES string of the molecule is [La].[Li].[O].[Tl]. The molecule has 0 unspecified atom stereocenters. The maximum Gasteiger partial charge on any atom is 0 e. The predicted octanol–water partition coefficient (Wildman–Crippen LogP) is -0.880. The molecular weight excluding hydrogens is 366 g/mol. The maximum atomic E-state index is 0. The molecule has 4 heavy (non-hydrogen) atoms. The fourth-order valence-electron chi connectivity index (χ4n) is 0. The van der Waals surface area contributed by atoms with Crippen molar-refractivity contribution in [3.63, 3.8) is 0 Å². The molecule has 0 saturated carbocycles. The molecule has 0 aliphatic carbocycles. The Hall–Kier alpha value is 2.67. The van der Waals surface area contributed by atoms with E-state index in [0.717, 1.165) is 0 Å². The molecule has 1 nitrogen and oxygen atoms in total. The molecule has 0 fully saturated rings. The van der Waals surface area contributed by atoms with Crippen molar-refractivity contribution in [3.8, 4) is 0 Å². The molecule has 0 amide bonds. The van der Waals surface area contributed by atoms with Gasteiger partial charge in [-0.05, 0) is 0 Å². The minimum absolute atomic E-state index is 0. The van der Waals surface area contributed by atoms with Gasteiger partial charge in [0.05, 0.1) is 0 Å². The average molecular weight is 366 g/mol. The van der Waals surface area contributed by atoms with Crippen molar-refractivity contribution in [2.75, 3.05) is 0 Å². The van der Waals surface area contributed by atoms with Crippen LogP contribution in [0.25, 0.3) is 0 Å². The zero-order valence-electron chi connectivity index (χ0n) is 2.56. The van der Waals surface area contributed by atoms with Crippen molar-refractivity contribution in [1.29, 1.82) is 0 Å². The van der Waals surface area contributed by atoms with E-state index >= 15 is 0 Å². The van der Waals surface area contributed by atoms with Gasteiger partial charge in [0, 0.05) is 87.2 Å². The van der Waals surface area contributed by atoms with E-state index in [1.54, 1.807) is 0 Å². The van der Waals surface area contributed by atoms with Gasteiger partial charge in [0.15, 0.2) is 0 Å². The molecule has 0 aromatic carbocycles. The molecule has 0 heterocycles. The van der Waals surface area contributed by atoms with Gasteiger partial charge in [-0.1, -0.05) is 0 Å². The van der Waals surface area contributed by atoms with E-state index in [4.69, 9.17) is 0 Å². The molecular formula is LaLiOTl. The van der Waals surface area contributed by atoms with Crippen molar-refractivity contribution in [3.05, 3.63) is 0 Å². The summed E-state index contributed by atoms with van der Waals surface area (Å²) in [6.45, 7) is 0. The molecule has 0 spiro atoms. The Balaban J connectivity index is 0. The molecule has 0 rings (SSSR count). The Bertz CT molecular complexity index is 8.00. The third kappa shape index (κ3) is 8.82. The fraction of sp³-hybridized carbons (Fsp3) is 0. The summed E-state index contributed by atoms with van der Waals surface area (Å²) in [7, 11) is 0. The standard InChI is InChI=1S/La.Li.O.Tl. The van der Waals surface area contributed by atoms with Gasteiger partial charge in [-0.3, -0.25) is 0 Å². The Kier molecular flexibility index (Phi) is 130. The summed E-state index contributed by atoms with van der Waals surface area (Å²) in [5, 5.41) is 0. The third-order valence-corrected chi connectivity index (χ3v) is 0. The molecule has 5 radical (unpaired) electrons. The summed E-state index contributed by atoms with van der Waals surface area (Å²) in [5.41, 5.74) is 0. The first-order valence-corrected chi connectivity index (χ1v) is 0. The van der Waals surface area contributed by atoms with Crippen molar-refractivity contribution in [2.24, 2.45) is 0 Å². The van der Waals surface area contributed by atoms with E-state index in [1.807, 2.05) is 0 Å². The van der Waals surface area contributed by atoms with E-state index in [1.165, 1.54) is 0 Å². The second kappa shape index (κ2) is 17.3. The zero-order chi connectivity index (χ0) is 0. The van der Waals surface area contributed by atoms with Crippen LogP contribution in [0.15, 0.2) is 0 Å². The van der Waals surface area contributed by atoms with Crippen LogP contribution in [0.3, 0.4) is 0 Å². The first-order chi connectivity index (χ1) is 0. The molecule has 0 saturated heterocycles. The van der Waals surface area contributed by atoms with Gasteiger partial charge in [-0.2, -0.15) is 0 Å². The van der Waals surface area contributed by atoms with E-state index < -0.39 is 0 Å². The Morgan fingerprint density at radius 2 is 1.00 bits per heavy atom. The molecule has 13 valence electrons. The summed E-state index contributed by atoms with van der Waals surface area (Å²) in [6, 6.07) is 0. The van der Waals surface area contributed by atoms with Crippen molar-refractivity contribution < 1.29 is 41.1 Å². The smallest absolute Gasteiger partial charge is 0 e. The first kappa shape index (κ1) is 30.0. The van der Waals surface area contributed by atoms with Gasteiger partial charge in [0.25, 0.3) is 0 Å². The van der Waals surface area contributed by atoms with Crippen LogP contribution in [0.4, 0.5) is 0 Å². The fourth-order valence-corrected chi connectivity index (χ4v) is 0. The Morgan fingerprint density at radius 1 is 1.00 bits per heavy atom. The molecule has 0 aromatic rings. The predicted molar refractivity (Wildman–Crippen MR) is 12.2 cm³/mol. The normalized spacial score (nSPS) is 0. The second-order valence-corrected chi connectivity index (χ2v) is 0. The monoisotopic (exact) mass is 367 g/mol. The van der Waals surface area contributed by atoms with Crippen LogP contribution in [0.5, 0.6) is 0 Å². The summed E-state index contributed by atoms with van der Waals surface area (Å²) < 4.78 is 0. The van der Waals surface area contributed by atoms with Gasteiger partial charge in [0.2, 0.25) is 0 Å². The largest absolute Gasteiger partial charge is 0 e. The Morgan fingerprint density at radius 3 is 1.00 bits per heavy atom. The molecule has 0 aliphatic heterocycles. The zero-order valence-corrected chi connectivity index (χ0v) is 10.7. The van der Waals surface area contributed by atoms with Crippen LogP contribution in [-0.4, -0.2) is 46.2 Å². The molecule has 0 bridgehead atoms. The van der Waals surface area contributed by atoms with Gasteiger partial charge < -0.3 is 0 Å². The topological polar surface area (TPSA) is 28.5 Å². The molecule has 0 atom stereocenters. The molecule has 0 N–H and O–H groups in total. The van der Waals surface area contributed by atoms with Crippen LogP contribution >= 0.6 is 0 Å². The number of rotatable bonds is 0. The van der Waals surface area contributed by atoms with Crippen LogP contribution in [0.1, 0.15) is 0 Å². The van der Waals surface area contributed by atoms with Gasteiger partial charge in [-0.25, -0.2) is 0 Å². The Labute approximate surface area is 85.5 Å². The number of hydrogen-bond donors (Lipinski definition) is 0. The summed E-state index contributed by atoms with van der Waals surface area (Å²) in [4.78, 5) is 0. The molecule has 4 heteroatoms. The van der Waals surface area contributed by atoms with E-state index in [0.29, 0.717) is 0 Å². The van der Waals surface area contributed by atoms with Crippen LogP contribution < -0.4 is 0 Å². The quantitative estimate of drug-likeness (QED) is 0.499. The van der Waals surface area contributed by atoms with Crippen molar-refractivity contribution >= 4 is 46.2 Å². The van der Waals surface area contributed by atoms with E-state index in [2.05, 4.69) is 0 Å². The summed E-state index contributed by atoms with van der Waals surface area (Å²) >= 11 is 0. The van der Waals surface area contributed by atoms with Crippen LogP contribution in [0, 0.1) is 35.6 Å². The van der Waals surface area contributed by atoms with Crippen LogP contribution in [0.2, 0.25) is 0 Å². The number of hydrogen-bond acceptors (Lipinski definition) is 0. The van der Waals surface area contributed by atoms with Gasteiger partial charge >= 0.3 is 0 Å². The summed E-state index contributed by atoms with van der Waals surface area (Å²) in [5.74, 6) is 0. The minimum Gasteiger partial charge on any atom is 0 e. The first-order valence-electron chi connectivity index (χ1n) is 0. The van der Waals surface area contributed by atoms with Crippen molar-refractivity contribution in [2.45, 2.75) is 0 Å². The summed E-state index contributed by atoms with van der Waals surface area (Å²) in [6.07, 6.45) is 0. The molecule has 0 aliphatic rings. The van der Waals surface area contributed by atoms with E-state index in [9.17, 15) is 0 Å². The van der Waals surface area contributed by atoms with Crippen LogP contribution in [-0.2, 0) is 5.48 Å². The second-order valence-electron chi connectivity index (χ2n) is 0.